The number of fused-ring (bicyclic) bond motifs is 1. The van der Waals surface area contributed by atoms with Gasteiger partial charge in [0, 0.05) is 17.7 Å². The van der Waals surface area contributed by atoms with Crippen molar-refractivity contribution < 1.29 is 49.3 Å². The van der Waals surface area contributed by atoms with Gasteiger partial charge >= 0.3 is 0 Å². The third-order valence-corrected chi connectivity index (χ3v) is 5.04. The molecule has 0 aliphatic carbocycles. The van der Waals surface area contributed by atoms with Gasteiger partial charge in [0.05, 0.1) is 13.7 Å². The molecule has 1 aliphatic heterocycles. The average molecular weight is 448 g/mol. The lowest BCUT2D eigenvalue weighted by Crippen LogP contribution is -2.54. The van der Waals surface area contributed by atoms with Crippen molar-refractivity contribution in [2.75, 3.05) is 13.7 Å². The normalized spacial score (nSPS) is 23.2. The molecular weight excluding hydrogens is 428 g/mol. The first-order valence-corrected chi connectivity index (χ1v) is 9.44. The van der Waals surface area contributed by atoms with Gasteiger partial charge in [0.25, 0.3) is 0 Å². The van der Waals surface area contributed by atoms with Gasteiger partial charge in [0.2, 0.25) is 17.5 Å². The smallest absolute Gasteiger partial charge is 0.239 e. The number of aliphatic hydroxyl groups is 3. The highest BCUT2D eigenvalue weighted by atomic mass is 16.7. The zero-order valence-electron chi connectivity index (χ0n) is 16.6. The molecule has 4 atom stereocenters. The summed E-state index contributed by atoms with van der Waals surface area (Å²) in [6, 6.07) is 6.04. The summed E-state index contributed by atoms with van der Waals surface area (Å²) in [5.41, 5.74) is -0.593. The molecule has 0 radical (unpaired) electrons. The molecule has 1 saturated heterocycles. The van der Waals surface area contributed by atoms with Crippen molar-refractivity contribution in [3.63, 3.8) is 0 Å². The van der Waals surface area contributed by atoms with Gasteiger partial charge in [0.15, 0.2) is 17.3 Å². The molecule has 0 bridgehead atoms. The maximum absolute atomic E-state index is 12.9. The lowest BCUT2D eigenvalue weighted by molar-refractivity contribution is -0.242. The van der Waals surface area contributed by atoms with Crippen LogP contribution in [0.25, 0.3) is 22.3 Å². The van der Waals surface area contributed by atoms with Crippen LogP contribution in [0.3, 0.4) is 0 Å². The van der Waals surface area contributed by atoms with Crippen LogP contribution < -0.4 is 14.9 Å². The molecule has 1 aliphatic rings. The molecule has 1 aromatic heterocycles. The Hall–Kier alpha value is -3.51. The number of hydrogen-bond acceptors (Lipinski definition) is 11. The summed E-state index contributed by atoms with van der Waals surface area (Å²) in [6.45, 7) is -0.302. The number of benzene rings is 2. The Bertz CT molecular complexity index is 1220. The first-order valence-electron chi connectivity index (χ1n) is 9.44. The van der Waals surface area contributed by atoms with Crippen molar-refractivity contribution in [2.45, 2.75) is 24.6 Å². The maximum atomic E-state index is 12.9. The predicted octanol–water partition coefficient (Wildman–Crippen LogP) is 0.403. The Morgan fingerprint density at radius 3 is 2.47 bits per heavy atom. The van der Waals surface area contributed by atoms with Gasteiger partial charge < -0.3 is 49.3 Å². The number of phenols is 3. The summed E-state index contributed by atoms with van der Waals surface area (Å²) < 4.78 is 21.5. The van der Waals surface area contributed by atoms with Crippen LogP contribution in [0, 0.1) is 0 Å². The summed E-state index contributed by atoms with van der Waals surface area (Å²) >= 11 is 0. The molecule has 1 fully saturated rings. The number of phenolic OH excluding ortho intramolecular Hbond substituents is 3. The fraction of sp³-hybridized carbons (Fsp3) is 0.286. The molecule has 11 heteroatoms. The van der Waals surface area contributed by atoms with Gasteiger partial charge in [-0.1, -0.05) is 0 Å². The highest BCUT2D eigenvalue weighted by Crippen LogP contribution is 2.39. The topological polar surface area (TPSA) is 179 Å². The van der Waals surface area contributed by atoms with Gasteiger partial charge in [-0.3, -0.25) is 4.79 Å². The number of aromatic hydroxyl groups is 3. The van der Waals surface area contributed by atoms with Gasteiger partial charge in [-0.05, 0) is 18.2 Å². The number of hydrogen-bond donors (Lipinski definition) is 6. The zero-order chi connectivity index (χ0) is 23.2. The second-order valence-corrected chi connectivity index (χ2v) is 7.18. The fourth-order valence-electron chi connectivity index (χ4n) is 3.40. The van der Waals surface area contributed by atoms with Crippen molar-refractivity contribution in [3.05, 3.63) is 40.6 Å². The van der Waals surface area contributed by atoms with E-state index in [-0.39, 0.29) is 51.9 Å². The van der Waals surface area contributed by atoms with E-state index in [4.69, 9.17) is 18.6 Å². The van der Waals surface area contributed by atoms with Crippen molar-refractivity contribution in [1.82, 2.24) is 0 Å². The molecule has 170 valence electrons. The molecule has 3 aromatic rings. The van der Waals surface area contributed by atoms with Crippen LogP contribution in [-0.4, -0.2) is 69.0 Å². The van der Waals surface area contributed by atoms with E-state index in [0.717, 1.165) is 12.1 Å². The predicted molar refractivity (Wildman–Crippen MR) is 108 cm³/mol. The van der Waals surface area contributed by atoms with Gasteiger partial charge in [-0.15, -0.1) is 0 Å². The van der Waals surface area contributed by atoms with Crippen molar-refractivity contribution in [1.29, 1.82) is 0 Å². The van der Waals surface area contributed by atoms with Crippen LogP contribution in [0.15, 0.2) is 39.5 Å². The molecule has 11 nitrogen and oxygen atoms in total. The molecule has 0 amide bonds. The second-order valence-electron chi connectivity index (χ2n) is 7.18. The quantitative estimate of drug-likeness (QED) is 0.325. The van der Waals surface area contributed by atoms with Crippen LogP contribution in [0.4, 0.5) is 0 Å². The minimum Gasteiger partial charge on any atom is -0.508 e. The SMILES string of the molecule is COc1c(-c2ccc(O)c(O[C@@H]3OC[C@@H](O)[C@H](O)[C@H]3O)c2)oc2cc(O)cc(O)c2c1=O. The average Bonchev–Trinajstić information content (AvgIpc) is 2.74. The Balaban J connectivity index is 1.79. The number of ether oxygens (including phenoxy) is 3. The fourth-order valence-corrected chi connectivity index (χ4v) is 3.40. The Morgan fingerprint density at radius 1 is 1.00 bits per heavy atom. The van der Waals surface area contributed by atoms with E-state index in [1.54, 1.807) is 0 Å². The van der Waals surface area contributed by atoms with Crippen LogP contribution in [0.5, 0.6) is 28.7 Å². The number of methoxy groups -OCH3 is 1. The van der Waals surface area contributed by atoms with Crippen LogP contribution in [-0.2, 0) is 4.74 Å². The molecule has 32 heavy (non-hydrogen) atoms. The third kappa shape index (κ3) is 3.67. The zero-order valence-corrected chi connectivity index (χ0v) is 16.6. The van der Waals surface area contributed by atoms with E-state index < -0.39 is 35.8 Å². The minimum atomic E-state index is -1.60. The first kappa shape index (κ1) is 21.7. The van der Waals surface area contributed by atoms with Gasteiger partial charge in [0.1, 0.15) is 40.8 Å². The summed E-state index contributed by atoms with van der Waals surface area (Å²) in [4.78, 5) is 12.9. The van der Waals surface area contributed by atoms with Gasteiger partial charge in [-0.2, -0.15) is 0 Å². The molecule has 2 aromatic carbocycles. The maximum Gasteiger partial charge on any atom is 0.239 e. The van der Waals surface area contributed by atoms with Crippen LogP contribution in [0.1, 0.15) is 0 Å². The lowest BCUT2D eigenvalue weighted by Gasteiger charge is -2.35. The van der Waals surface area contributed by atoms with Crippen LogP contribution in [0.2, 0.25) is 0 Å². The molecular formula is C21H20O11. The molecule has 6 N–H and O–H groups in total. The Morgan fingerprint density at radius 2 is 1.75 bits per heavy atom. The van der Waals surface area contributed by atoms with Crippen molar-refractivity contribution >= 4 is 11.0 Å². The molecule has 0 spiro atoms. The summed E-state index contributed by atoms with van der Waals surface area (Å²) in [7, 11) is 1.23. The molecule has 2 heterocycles. The highest BCUT2D eigenvalue weighted by molar-refractivity contribution is 5.88. The summed E-state index contributed by atoms with van der Waals surface area (Å²) in [6.07, 6.45) is -5.80. The van der Waals surface area contributed by atoms with E-state index in [9.17, 15) is 35.4 Å². The Kier molecular flexibility index (Phi) is 5.57. The molecule has 0 saturated carbocycles. The van der Waals surface area contributed by atoms with E-state index in [1.807, 2.05) is 0 Å². The van der Waals surface area contributed by atoms with Gasteiger partial charge in [-0.25, -0.2) is 0 Å². The monoisotopic (exact) mass is 448 g/mol. The van der Waals surface area contributed by atoms with Crippen molar-refractivity contribution in [3.8, 4) is 40.1 Å². The minimum absolute atomic E-state index is 0.0829. The lowest BCUT2D eigenvalue weighted by atomic mass is 10.1. The van der Waals surface area contributed by atoms with E-state index >= 15 is 0 Å². The molecule has 0 unspecified atom stereocenters. The first-order chi connectivity index (χ1) is 15.2. The second kappa shape index (κ2) is 8.20. The standard InChI is InChI=1S/C21H20O11/c1-29-20-17(27)15-11(24)5-9(22)6-14(15)31-19(20)8-2-3-10(23)13(4-8)32-21-18(28)16(26)12(25)7-30-21/h2-6,12,16,18,21-26,28H,7H2,1H3/t12-,16+,18-,21+/m1/s1. The summed E-state index contributed by atoms with van der Waals surface area (Å²) in [5, 5.41) is 59.2. The van der Waals surface area contributed by atoms with Crippen LogP contribution >= 0.6 is 0 Å². The third-order valence-electron chi connectivity index (χ3n) is 5.04. The van der Waals surface area contributed by atoms with E-state index in [2.05, 4.69) is 0 Å². The molecule has 4 rings (SSSR count). The van der Waals surface area contributed by atoms with E-state index in [1.165, 1.54) is 25.3 Å². The largest absolute Gasteiger partial charge is 0.508 e. The number of aliphatic hydroxyl groups excluding tert-OH is 3. The Labute approximate surface area is 179 Å². The number of rotatable bonds is 4. The van der Waals surface area contributed by atoms with Crippen molar-refractivity contribution in [2.24, 2.45) is 0 Å². The summed E-state index contributed by atoms with van der Waals surface area (Å²) in [5.74, 6) is -1.67. The van der Waals surface area contributed by atoms with E-state index in [0.29, 0.717) is 0 Å². The highest BCUT2D eigenvalue weighted by Gasteiger charge is 2.39.